The molecular weight excluding hydrogens is 522 g/mol. The second-order valence-electron chi connectivity index (χ2n) is 8.64. The van der Waals surface area contributed by atoms with Gasteiger partial charge in [0.1, 0.15) is 23.5 Å². The van der Waals surface area contributed by atoms with Crippen LogP contribution in [-0.2, 0) is 7.05 Å². The fraction of sp³-hybridized carbons (Fsp3) is 0.192. The smallest absolute Gasteiger partial charge is 0.270 e. The largest absolute Gasteiger partial charge is 0.457 e. The van der Waals surface area contributed by atoms with E-state index in [9.17, 15) is 4.79 Å². The van der Waals surface area contributed by atoms with Crippen LogP contribution < -0.4 is 15.4 Å². The Morgan fingerprint density at radius 3 is 2.69 bits per heavy atom. The summed E-state index contributed by atoms with van der Waals surface area (Å²) in [5.41, 5.74) is 2.59. The lowest BCUT2D eigenvalue weighted by Crippen LogP contribution is -2.32. The van der Waals surface area contributed by atoms with Crippen molar-refractivity contribution in [2.24, 2.45) is 17.0 Å². The Labute approximate surface area is 216 Å². The van der Waals surface area contributed by atoms with Gasteiger partial charge in [-0.1, -0.05) is 15.9 Å². The summed E-state index contributed by atoms with van der Waals surface area (Å²) in [6, 6.07) is 16.9. The number of aryl methyl sites for hydroxylation is 1. The first kappa shape index (κ1) is 23.7. The van der Waals surface area contributed by atoms with Crippen LogP contribution in [0.3, 0.4) is 0 Å². The number of hydrogen-bond acceptors (Lipinski definition) is 7. The maximum absolute atomic E-state index is 12.6. The molecule has 4 aromatic rings. The van der Waals surface area contributed by atoms with Crippen LogP contribution in [-0.4, -0.2) is 45.1 Å². The number of amides is 1. The van der Waals surface area contributed by atoms with Gasteiger partial charge in [-0.15, -0.1) is 0 Å². The highest BCUT2D eigenvalue weighted by molar-refractivity contribution is 9.10. The van der Waals surface area contributed by atoms with Crippen molar-refractivity contribution in [3.63, 3.8) is 0 Å². The van der Waals surface area contributed by atoms with Crippen molar-refractivity contribution >= 4 is 57.1 Å². The average Bonchev–Trinajstić information content (AvgIpc) is 3.43. The van der Waals surface area contributed by atoms with Crippen LogP contribution in [0.5, 0.6) is 11.5 Å². The number of carbonyl (C=O) groups excluding carboxylic acids is 1. The number of nitrogens with one attached hydrogen (secondary N) is 2. The topological polar surface area (TPSA) is 106 Å². The fourth-order valence-electron chi connectivity index (χ4n) is 3.79. The lowest BCUT2D eigenvalue weighted by molar-refractivity contribution is 0.0947. The van der Waals surface area contributed by atoms with Crippen LogP contribution in [0.2, 0.25) is 0 Å². The minimum atomic E-state index is -0.372. The van der Waals surface area contributed by atoms with Crippen molar-refractivity contribution in [2.45, 2.75) is 18.9 Å². The molecule has 10 heteroatoms. The molecule has 1 aliphatic heterocycles. The maximum atomic E-state index is 12.6. The first-order chi connectivity index (χ1) is 17.4. The van der Waals surface area contributed by atoms with E-state index in [4.69, 9.17) is 9.72 Å². The Bertz CT molecular complexity index is 1470. The van der Waals surface area contributed by atoms with Gasteiger partial charge in [-0.2, -0.15) is 0 Å². The van der Waals surface area contributed by atoms with Gasteiger partial charge in [-0.3, -0.25) is 14.8 Å². The standard InChI is InChI=1S/C26H24BrN7O2/c1-26(15-28-16-31-26)10-12-30-24(35)22-14-20(9-11-29-22)36-19-7-8-23-21(13-19)33-25(34(23)2)32-18-5-3-17(27)4-6-18/h3-9,11,13-16H,10,12H2,1-2H3,(H,30,35)(H,32,33). The number of hydrogen-bond donors (Lipinski definition) is 2. The van der Waals surface area contributed by atoms with Crippen molar-refractivity contribution < 1.29 is 9.53 Å². The monoisotopic (exact) mass is 545 g/mol. The number of nitrogens with zero attached hydrogens (tertiary/aromatic N) is 5. The van der Waals surface area contributed by atoms with Gasteiger partial charge in [0.05, 0.1) is 16.6 Å². The van der Waals surface area contributed by atoms with Crippen molar-refractivity contribution in [1.82, 2.24) is 19.9 Å². The van der Waals surface area contributed by atoms with E-state index in [1.165, 1.54) is 6.34 Å². The molecule has 5 rings (SSSR count). The van der Waals surface area contributed by atoms with Crippen molar-refractivity contribution in [1.29, 1.82) is 0 Å². The number of aromatic nitrogens is 3. The lowest BCUT2D eigenvalue weighted by atomic mass is 10.0. The van der Waals surface area contributed by atoms with Crippen molar-refractivity contribution in [3.05, 3.63) is 71.0 Å². The number of aliphatic imine (C=N–C) groups is 2. The SMILES string of the molecule is Cn1c(Nc2ccc(Br)cc2)nc2cc(Oc3ccnc(C(=O)NCCC4(C)C=NC=N4)c3)ccc21. The summed E-state index contributed by atoms with van der Waals surface area (Å²) >= 11 is 3.45. The van der Waals surface area contributed by atoms with Crippen molar-refractivity contribution in [3.8, 4) is 11.5 Å². The van der Waals surface area contributed by atoms with E-state index in [-0.39, 0.29) is 17.1 Å². The van der Waals surface area contributed by atoms with Crippen LogP contribution in [0.4, 0.5) is 11.6 Å². The second-order valence-corrected chi connectivity index (χ2v) is 9.56. The molecule has 9 nitrogen and oxygen atoms in total. The number of halogens is 1. The summed E-state index contributed by atoms with van der Waals surface area (Å²) < 4.78 is 9.03. The zero-order chi connectivity index (χ0) is 25.1. The lowest BCUT2D eigenvalue weighted by Gasteiger charge is -2.16. The van der Waals surface area contributed by atoms with Gasteiger partial charge in [0, 0.05) is 48.3 Å². The average molecular weight is 546 g/mol. The van der Waals surface area contributed by atoms with E-state index in [0.717, 1.165) is 27.1 Å². The molecule has 3 heterocycles. The summed E-state index contributed by atoms with van der Waals surface area (Å²) in [4.78, 5) is 29.8. The normalized spacial score (nSPS) is 16.4. The molecule has 36 heavy (non-hydrogen) atoms. The molecule has 0 bridgehead atoms. The van der Waals surface area contributed by atoms with E-state index in [0.29, 0.717) is 24.5 Å². The maximum Gasteiger partial charge on any atom is 0.270 e. The van der Waals surface area contributed by atoms with E-state index in [2.05, 4.69) is 41.5 Å². The van der Waals surface area contributed by atoms with Crippen LogP contribution in [0.1, 0.15) is 23.8 Å². The minimum Gasteiger partial charge on any atom is -0.457 e. The Hall–Kier alpha value is -4.05. The quantitative estimate of drug-likeness (QED) is 0.314. The minimum absolute atomic E-state index is 0.271. The van der Waals surface area contributed by atoms with E-state index < -0.39 is 0 Å². The number of carbonyl (C=O) groups is 1. The molecule has 0 fully saturated rings. The first-order valence-corrected chi connectivity index (χ1v) is 12.2. The Kier molecular flexibility index (Phi) is 6.51. The molecule has 1 unspecified atom stereocenters. The molecule has 0 saturated heterocycles. The van der Waals surface area contributed by atoms with Crippen LogP contribution in [0, 0.1) is 0 Å². The van der Waals surface area contributed by atoms with Crippen LogP contribution >= 0.6 is 15.9 Å². The fourth-order valence-corrected chi connectivity index (χ4v) is 4.06. The van der Waals surface area contributed by atoms with E-state index in [1.807, 2.05) is 61.0 Å². The van der Waals surface area contributed by atoms with Gasteiger partial charge in [0.25, 0.3) is 5.91 Å². The van der Waals surface area contributed by atoms with Gasteiger partial charge in [0.15, 0.2) is 0 Å². The summed E-state index contributed by atoms with van der Waals surface area (Å²) in [5.74, 6) is 1.57. The van der Waals surface area contributed by atoms with Gasteiger partial charge in [0.2, 0.25) is 5.95 Å². The van der Waals surface area contributed by atoms with E-state index in [1.54, 1.807) is 24.5 Å². The number of benzene rings is 2. The third-order valence-electron chi connectivity index (χ3n) is 5.84. The number of pyridine rings is 1. The molecule has 0 spiro atoms. The molecule has 1 atom stereocenters. The predicted molar refractivity (Wildman–Crippen MR) is 145 cm³/mol. The third-order valence-corrected chi connectivity index (χ3v) is 6.37. The number of imidazole rings is 1. The molecule has 0 radical (unpaired) electrons. The number of anilines is 2. The Morgan fingerprint density at radius 1 is 1.11 bits per heavy atom. The molecule has 0 saturated carbocycles. The third kappa shape index (κ3) is 5.28. The molecule has 1 amide bonds. The highest BCUT2D eigenvalue weighted by Crippen LogP contribution is 2.28. The summed E-state index contributed by atoms with van der Waals surface area (Å²) in [6.07, 6.45) is 5.52. The summed E-state index contributed by atoms with van der Waals surface area (Å²) in [5, 5.41) is 6.22. The van der Waals surface area contributed by atoms with Crippen molar-refractivity contribution in [2.75, 3.05) is 11.9 Å². The molecule has 0 aliphatic carbocycles. The molecular formula is C26H24BrN7O2. The highest BCUT2D eigenvalue weighted by atomic mass is 79.9. The van der Waals surface area contributed by atoms with E-state index >= 15 is 0 Å². The Balaban J connectivity index is 1.26. The summed E-state index contributed by atoms with van der Waals surface area (Å²) in [7, 11) is 1.96. The first-order valence-electron chi connectivity index (χ1n) is 11.4. The molecule has 1 aliphatic rings. The highest BCUT2D eigenvalue weighted by Gasteiger charge is 2.22. The summed E-state index contributed by atoms with van der Waals surface area (Å²) in [6.45, 7) is 2.43. The van der Waals surface area contributed by atoms with Gasteiger partial charge >= 0.3 is 0 Å². The molecule has 2 aromatic carbocycles. The zero-order valence-electron chi connectivity index (χ0n) is 19.8. The Morgan fingerprint density at radius 2 is 1.92 bits per heavy atom. The van der Waals surface area contributed by atoms with Gasteiger partial charge in [-0.25, -0.2) is 9.98 Å². The number of fused-ring (bicyclic) bond motifs is 1. The van der Waals surface area contributed by atoms with Gasteiger partial charge < -0.3 is 19.9 Å². The molecule has 2 N–H and O–H groups in total. The second kappa shape index (κ2) is 9.90. The number of rotatable bonds is 8. The van der Waals surface area contributed by atoms with Crippen LogP contribution in [0.15, 0.2) is 75.3 Å². The van der Waals surface area contributed by atoms with Gasteiger partial charge in [-0.05, 0) is 55.8 Å². The molecule has 2 aromatic heterocycles. The number of ether oxygens (including phenoxy) is 1. The zero-order valence-corrected chi connectivity index (χ0v) is 21.4. The molecule has 182 valence electrons. The predicted octanol–water partition coefficient (Wildman–Crippen LogP) is 5.26. The van der Waals surface area contributed by atoms with Crippen LogP contribution in [0.25, 0.3) is 11.0 Å².